The Bertz CT molecular complexity index is 1110. The van der Waals surface area contributed by atoms with Crippen molar-refractivity contribution in [1.82, 2.24) is 10.2 Å². The molecule has 2 aliphatic rings. The van der Waals surface area contributed by atoms with Gasteiger partial charge in [0.1, 0.15) is 0 Å². The maximum Gasteiger partial charge on any atom is 0.261 e. The van der Waals surface area contributed by atoms with E-state index < -0.39 is 5.54 Å². The average molecular weight is 481 g/mol. The number of nitrogens with one attached hydrogen (secondary N) is 1. The summed E-state index contributed by atoms with van der Waals surface area (Å²) < 4.78 is 0. The minimum atomic E-state index is -1.05. The van der Waals surface area contributed by atoms with E-state index in [0.29, 0.717) is 17.5 Å². The standard InChI is InChI=1S/C27H33ClN4O2/c1-27(25(34)32(2)26(29)31-27)20-10-6-9-19(16-20)23-17-21(28)15-14-18(23)8-7-13-24(33)30-22-11-4-3-5-12-22/h6,9-10,14-17,22H,3-5,7-8,11-13H2,1-2H3,(H2,29,31)(H,30,33). The molecule has 1 atom stereocenters. The molecule has 180 valence electrons. The smallest absolute Gasteiger partial charge is 0.261 e. The van der Waals surface area contributed by atoms with Crippen LogP contribution in [0.5, 0.6) is 0 Å². The van der Waals surface area contributed by atoms with Crippen molar-refractivity contribution in [1.29, 1.82) is 0 Å². The number of benzene rings is 2. The molecule has 0 bridgehead atoms. The van der Waals surface area contributed by atoms with Gasteiger partial charge in [-0.15, -0.1) is 0 Å². The fourth-order valence-electron chi connectivity index (χ4n) is 4.98. The molecule has 1 fully saturated rings. The van der Waals surface area contributed by atoms with Crippen LogP contribution in [0.2, 0.25) is 5.02 Å². The lowest BCUT2D eigenvalue weighted by Gasteiger charge is -2.22. The zero-order valence-corrected chi connectivity index (χ0v) is 20.7. The van der Waals surface area contributed by atoms with E-state index in [1.807, 2.05) is 42.5 Å². The normalized spacial score (nSPS) is 21.0. The Morgan fingerprint density at radius 2 is 1.97 bits per heavy atom. The molecule has 2 aromatic carbocycles. The lowest BCUT2D eigenvalue weighted by molar-refractivity contribution is -0.130. The number of carbonyl (C=O) groups excluding carboxylic acids is 2. The molecule has 0 saturated heterocycles. The summed E-state index contributed by atoms with van der Waals surface area (Å²) in [6.45, 7) is 1.79. The van der Waals surface area contributed by atoms with Gasteiger partial charge in [-0.3, -0.25) is 14.5 Å². The number of guanidine groups is 1. The molecule has 1 unspecified atom stereocenters. The Hall–Kier alpha value is -2.86. The molecule has 0 aromatic heterocycles. The van der Waals surface area contributed by atoms with Gasteiger partial charge in [-0.1, -0.05) is 55.1 Å². The lowest BCUT2D eigenvalue weighted by atomic mass is 9.88. The van der Waals surface area contributed by atoms with Gasteiger partial charge >= 0.3 is 0 Å². The number of hydrogen-bond acceptors (Lipinski definition) is 4. The van der Waals surface area contributed by atoms with Gasteiger partial charge in [0.15, 0.2) is 11.5 Å². The maximum absolute atomic E-state index is 12.8. The summed E-state index contributed by atoms with van der Waals surface area (Å²) in [6, 6.07) is 14.0. The number of carbonyl (C=O) groups is 2. The highest BCUT2D eigenvalue weighted by atomic mass is 35.5. The summed E-state index contributed by atoms with van der Waals surface area (Å²) in [5.41, 5.74) is 8.72. The first kappa shape index (κ1) is 24.3. The minimum absolute atomic E-state index is 0.136. The van der Waals surface area contributed by atoms with Crippen LogP contribution >= 0.6 is 11.6 Å². The van der Waals surface area contributed by atoms with Crippen molar-refractivity contribution < 1.29 is 9.59 Å². The molecule has 2 amide bonds. The zero-order chi connectivity index (χ0) is 24.3. The average Bonchev–Trinajstić information content (AvgIpc) is 3.04. The Kier molecular flexibility index (Phi) is 7.27. The molecule has 6 nitrogen and oxygen atoms in total. The van der Waals surface area contributed by atoms with Crippen LogP contribution in [0.15, 0.2) is 47.5 Å². The summed E-state index contributed by atoms with van der Waals surface area (Å²) in [6.07, 6.45) is 7.90. The summed E-state index contributed by atoms with van der Waals surface area (Å²) in [7, 11) is 1.63. The third-order valence-electron chi connectivity index (χ3n) is 7.03. The summed E-state index contributed by atoms with van der Waals surface area (Å²) in [5.74, 6) is 0.196. The number of aliphatic imine (C=N–C) groups is 1. The first-order valence-corrected chi connectivity index (χ1v) is 12.5. The van der Waals surface area contributed by atoms with E-state index in [9.17, 15) is 9.59 Å². The second-order valence-corrected chi connectivity index (χ2v) is 9.98. The van der Waals surface area contributed by atoms with Crippen LogP contribution in [0.4, 0.5) is 0 Å². The van der Waals surface area contributed by atoms with E-state index in [-0.39, 0.29) is 17.8 Å². The van der Waals surface area contributed by atoms with Crippen molar-refractivity contribution in [2.24, 2.45) is 10.7 Å². The van der Waals surface area contributed by atoms with Crippen molar-refractivity contribution in [3.63, 3.8) is 0 Å². The number of rotatable bonds is 7. The van der Waals surface area contributed by atoms with Gasteiger partial charge in [-0.25, -0.2) is 4.99 Å². The van der Waals surface area contributed by atoms with Gasteiger partial charge in [0.25, 0.3) is 5.91 Å². The van der Waals surface area contributed by atoms with E-state index in [4.69, 9.17) is 17.3 Å². The summed E-state index contributed by atoms with van der Waals surface area (Å²) in [4.78, 5) is 31.1. The van der Waals surface area contributed by atoms with E-state index in [0.717, 1.165) is 47.9 Å². The summed E-state index contributed by atoms with van der Waals surface area (Å²) in [5, 5.41) is 3.84. The quantitative estimate of drug-likeness (QED) is 0.597. The van der Waals surface area contributed by atoms with Gasteiger partial charge in [-0.05, 0) is 73.1 Å². The van der Waals surface area contributed by atoms with Gasteiger partial charge < -0.3 is 11.1 Å². The van der Waals surface area contributed by atoms with Crippen LogP contribution in [0.25, 0.3) is 11.1 Å². The number of aryl methyl sites for hydroxylation is 1. The van der Waals surface area contributed by atoms with Crippen LogP contribution in [-0.2, 0) is 21.5 Å². The molecule has 4 rings (SSSR count). The molecule has 1 aliphatic carbocycles. The van der Waals surface area contributed by atoms with Gasteiger partial charge in [0.05, 0.1) is 0 Å². The Balaban J connectivity index is 1.50. The lowest BCUT2D eigenvalue weighted by Crippen LogP contribution is -2.38. The highest BCUT2D eigenvalue weighted by Gasteiger charge is 2.43. The molecule has 1 aliphatic heterocycles. The molecule has 2 aromatic rings. The van der Waals surface area contributed by atoms with Crippen molar-refractivity contribution >= 4 is 29.4 Å². The van der Waals surface area contributed by atoms with Crippen molar-refractivity contribution in [3.05, 3.63) is 58.6 Å². The van der Waals surface area contributed by atoms with Gasteiger partial charge in [0, 0.05) is 24.5 Å². The highest BCUT2D eigenvalue weighted by molar-refractivity contribution is 6.30. The molecule has 1 heterocycles. The fraction of sp³-hybridized carbons (Fsp3) is 0.444. The second-order valence-electron chi connectivity index (χ2n) is 9.54. The SMILES string of the molecule is CN1C(=O)C(C)(c2cccc(-c3cc(Cl)ccc3CCCC(=O)NC3CCCCC3)c2)N=C1N. The minimum Gasteiger partial charge on any atom is -0.369 e. The fourth-order valence-corrected chi connectivity index (χ4v) is 5.15. The second kappa shape index (κ2) is 10.2. The van der Waals surface area contributed by atoms with Crippen LogP contribution in [0.3, 0.4) is 0 Å². The Morgan fingerprint density at radius 3 is 2.68 bits per heavy atom. The molecule has 0 spiro atoms. The van der Waals surface area contributed by atoms with E-state index >= 15 is 0 Å². The maximum atomic E-state index is 12.8. The third kappa shape index (κ3) is 5.12. The van der Waals surface area contributed by atoms with Gasteiger partial charge in [0.2, 0.25) is 5.91 Å². The van der Waals surface area contributed by atoms with Crippen LogP contribution in [0.1, 0.15) is 63.0 Å². The van der Waals surface area contributed by atoms with Crippen molar-refractivity contribution in [2.75, 3.05) is 7.05 Å². The number of hydrogen-bond donors (Lipinski definition) is 2. The molecular formula is C27H33ClN4O2. The number of nitrogens with zero attached hydrogens (tertiary/aromatic N) is 2. The zero-order valence-electron chi connectivity index (χ0n) is 19.9. The monoisotopic (exact) mass is 480 g/mol. The number of amides is 2. The number of nitrogens with two attached hydrogens (primary N) is 1. The van der Waals surface area contributed by atoms with Crippen LogP contribution in [-0.4, -0.2) is 35.8 Å². The molecule has 3 N–H and O–H groups in total. The number of likely N-dealkylation sites (N-methyl/N-ethyl adjacent to an activating group) is 1. The first-order valence-electron chi connectivity index (χ1n) is 12.1. The molecule has 0 radical (unpaired) electrons. The van der Waals surface area contributed by atoms with E-state index in [1.165, 1.54) is 24.2 Å². The highest BCUT2D eigenvalue weighted by Crippen LogP contribution is 2.36. The predicted octanol–water partition coefficient (Wildman–Crippen LogP) is 4.78. The predicted molar refractivity (Wildman–Crippen MR) is 137 cm³/mol. The Labute approximate surface area is 206 Å². The van der Waals surface area contributed by atoms with Gasteiger partial charge in [-0.2, -0.15) is 0 Å². The third-order valence-corrected chi connectivity index (χ3v) is 7.27. The van der Waals surface area contributed by atoms with Crippen LogP contribution in [0, 0.1) is 0 Å². The van der Waals surface area contributed by atoms with E-state index in [1.54, 1.807) is 14.0 Å². The first-order chi connectivity index (χ1) is 16.3. The topological polar surface area (TPSA) is 87.8 Å². The molecule has 7 heteroatoms. The summed E-state index contributed by atoms with van der Waals surface area (Å²) >= 11 is 6.35. The molecule has 1 saturated carbocycles. The largest absolute Gasteiger partial charge is 0.369 e. The van der Waals surface area contributed by atoms with Crippen molar-refractivity contribution in [2.45, 2.75) is 69.9 Å². The Morgan fingerprint density at radius 1 is 1.21 bits per heavy atom. The number of halogens is 1. The van der Waals surface area contributed by atoms with Crippen molar-refractivity contribution in [3.8, 4) is 11.1 Å². The van der Waals surface area contributed by atoms with E-state index in [2.05, 4.69) is 10.3 Å². The molecular weight excluding hydrogens is 448 g/mol. The van der Waals surface area contributed by atoms with Crippen LogP contribution < -0.4 is 11.1 Å². The molecule has 34 heavy (non-hydrogen) atoms.